The molecule has 0 saturated heterocycles. The Hall–Kier alpha value is -1.46. The molecule has 0 aliphatic carbocycles. The largest absolute Gasteiger partial charge is 0.466 e. The lowest BCUT2D eigenvalue weighted by Crippen LogP contribution is -2.12. The van der Waals surface area contributed by atoms with E-state index in [1.807, 2.05) is 12.1 Å². The second kappa shape index (κ2) is 9.54. The van der Waals surface area contributed by atoms with Gasteiger partial charge in [0.1, 0.15) is 6.61 Å². The Morgan fingerprint density at radius 1 is 1.32 bits per heavy atom. The fourth-order valence-electron chi connectivity index (χ4n) is 2.10. The van der Waals surface area contributed by atoms with Gasteiger partial charge in [0, 0.05) is 18.0 Å². The molecule has 2 aromatic rings. The molecule has 3 nitrogen and oxygen atoms in total. The highest BCUT2D eigenvalue weighted by molar-refractivity contribution is 7.80. The number of aryl methyl sites for hydroxylation is 1. The van der Waals surface area contributed by atoms with E-state index in [1.165, 1.54) is 31.2 Å². The van der Waals surface area contributed by atoms with Gasteiger partial charge in [-0.05, 0) is 48.1 Å². The molecule has 0 unspecified atom stereocenters. The molecule has 0 aromatic carbocycles. The quantitative estimate of drug-likeness (QED) is 0.533. The van der Waals surface area contributed by atoms with Crippen molar-refractivity contribution in [1.29, 1.82) is 0 Å². The number of nitrogens with one attached hydrogen (secondary N) is 1. The first-order valence-corrected chi connectivity index (χ1v) is 8.97. The van der Waals surface area contributed by atoms with Crippen LogP contribution in [0.25, 0.3) is 0 Å². The lowest BCUT2D eigenvalue weighted by atomic mass is 10.1. The van der Waals surface area contributed by atoms with Gasteiger partial charge in [0.15, 0.2) is 0 Å². The third-order valence-electron chi connectivity index (χ3n) is 3.29. The maximum absolute atomic E-state index is 5.54. The van der Waals surface area contributed by atoms with Crippen molar-refractivity contribution in [3.8, 4) is 0 Å². The summed E-state index contributed by atoms with van der Waals surface area (Å²) in [6.07, 6.45) is 9.83. The molecule has 0 amide bonds. The van der Waals surface area contributed by atoms with Crippen molar-refractivity contribution in [2.45, 2.75) is 45.6 Å². The summed E-state index contributed by atoms with van der Waals surface area (Å²) < 4.78 is 5.54. The molecule has 0 spiro atoms. The van der Waals surface area contributed by atoms with Crippen molar-refractivity contribution < 1.29 is 4.74 Å². The molecule has 0 radical (unpaired) electrons. The van der Waals surface area contributed by atoms with E-state index in [4.69, 9.17) is 17.0 Å². The highest BCUT2D eigenvalue weighted by Gasteiger charge is 2.04. The Balaban J connectivity index is 1.71. The molecule has 0 fully saturated rings. The molecule has 2 rings (SSSR count). The number of hydrogen-bond acceptors (Lipinski definition) is 4. The molecule has 5 heteroatoms. The Labute approximate surface area is 141 Å². The lowest BCUT2D eigenvalue weighted by Gasteiger charge is -2.07. The minimum Gasteiger partial charge on any atom is -0.466 e. The molecule has 118 valence electrons. The van der Waals surface area contributed by atoms with E-state index in [2.05, 4.69) is 28.7 Å². The van der Waals surface area contributed by atoms with Crippen LogP contribution < -0.4 is 5.32 Å². The molecular weight excluding hydrogens is 312 g/mol. The summed E-state index contributed by atoms with van der Waals surface area (Å²) in [6.45, 7) is 2.67. The number of pyridine rings is 1. The van der Waals surface area contributed by atoms with Crippen LogP contribution in [0.15, 0.2) is 36.0 Å². The van der Waals surface area contributed by atoms with E-state index < -0.39 is 0 Å². The van der Waals surface area contributed by atoms with Crippen molar-refractivity contribution in [2.75, 3.05) is 5.32 Å². The van der Waals surface area contributed by atoms with Crippen LogP contribution in [0.5, 0.6) is 0 Å². The van der Waals surface area contributed by atoms with E-state index in [0.717, 1.165) is 17.0 Å². The molecule has 0 atom stereocenters. The summed E-state index contributed by atoms with van der Waals surface area (Å²) in [5.74, 6) is 0. The number of hydrogen-bond donors (Lipinski definition) is 1. The second-order valence-electron chi connectivity index (χ2n) is 5.19. The smallest absolute Gasteiger partial charge is 0.262 e. The zero-order chi connectivity index (χ0) is 15.6. The summed E-state index contributed by atoms with van der Waals surface area (Å²) in [5.41, 5.74) is 2.38. The first-order chi connectivity index (χ1) is 10.8. The van der Waals surface area contributed by atoms with Gasteiger partial charge in [0.25, 0.3) is 5.17 Å². The van der Waals surface area contributed by atoms with Gasteiger partial charge in [0.2, 0.25) is 0 Å². The number of thiophene rings is 1. The SMILES string of the molecule is CCCCCCc1csc(NC(=S)OCc2cccnc2)c1. The van der Waals surface area contributed by atoms with Crippen LogP contribution in [0.4, 0.5) is 5.00 Å². The highest BCUT2D eigenvalue weighted by Crippen LogP contribution is 2.22. The summed E-state index contributed by atoms with van der Waals surface area (Å²) >= 11 is 6.89. The molecule has 0 aliphatic heterocycles. The number of thiocarbonyl (C=S) groups is 1. The maximum atomic E-state index is 5.54. The van der Waals surface area contributed by atoms with E-state index in [0.29, 0.717) is 11.8 Å². The maximum Gasteiger partial charge on any atom is 0.262 e. The van der Waals surface area contributed by atoms with Crippen LogP contribution in [0, 0.1) is 0 Å². The third-order valence-corrected chi connectivity index (χ3v) is 4.41. The van der Waals surface area contributed by atoms with Crippen LogP contribution in [-0.2, 0) is 17.8 Å². The van der Waals surface area contributed by atoms with Crippen molar-refractivity contribution in [1.82, 2.24) is 4.98 Å². The molecule has 2 aromatic heterocycles. The average molecular weight is 335 g/mol. The molecular formula is C17H22N2OS2. The van der Waals surface area contributed by atoms with Crippen LogP contribution >= 0.6 is 23.6 Å². The zero-order valence-corrected chi connectivity index (χ0v) is 14.5. The Bertz CT molecular complexity index is 569. The van der Waals surface area contributed by atoms with E-state index in [-0.39, 0.29) is 0 Å². The zero-order valence-electron chi connectivity index (χ0n) is 12.9. The number of rotatable bonds is 8. The van der Waals surface area contributed by atoms with Crippen LogP contribution in [0.1, 0.15) is 43.7 Å². The Kier molecular flexibility index (Phi) is 7.33. The Morgan fingerprint density at radius 2 is 2.23 bits per heavy atom. The number of anilines is 1. The summed E-state index contributed by atoms with van der Waals surface area (Å²) in [4.78, 5) is 4.05. The van der Waals surface area contributed by atoms with Crippen LogP contribution in [0.3, 0.4) is 0 Å². The van der Waals surface area contributed by atoms with Crippen molar-refractivity contribution >= 4 is 33.7 Å². The van der Waals surface area contributed by atoms with E-state index in [1.54, 1.807) is 23.7 Å². The average Bonchev–Trinajstić information content (AvgIpc) is 2.98. The molecule has 1 N–H and O–H groups in total. The van der Waals surface area contributed by atoms with Crippen LogP contribution in [-0.4, -0.2) is 10.2 Å². The topological polar surface area (TPSA) is 34.1 Å². The lowest BCUT2D eigenvalue weighted by molar-refractivity contribution is 0.300. The number of nitrogens with zero attached hydrogens (tertiary/aromatic N) is 1. The minimum atomic E-state index is 0.406. The monoisotopic (exact) mass is 334 g/mol. The molecule has 22 heavy (non-hydrogen) atoms. The van der Waals surface area contributed by atoms with Gasteiger partial charge >= 0.3 is 0 Å². The first-order valence-electron chi connectivity index (χ1n) is 7.68. The third kappa shape index (κ3) is 6.12. The van der Waals surface area contributed by atoms with Crippen molar-refractivity contribution in [2.24, 2.45) is 0 Å². The van der Waals surface area contributed by atoms with Gasteiger partial charge in [-0.15, -0.1) is 11.3 Å². The van der Waals surface area contributed by atoms with E-state index >= 15 is 0 Å². The fourth-order valence-corrected chi connectivity index (χ4v) is 3.17. The van der Waals surface area contributed by atoms with Gasteiger partial charge < -0.3 is 10.1 Å². The highest BCUT2D eigenvalue weighted by atomic mass is 32.1. The molecule has 0 bridgehead atoms. The molecule has 2 heterocycles. The van der Waals surface area contributed by atoms with Gasteiger partial charge in [-0.1, -0.05) is 32.3 Å². The van der Waals surface area contributed by atoms with E-state index in [9.17, 15) is 0 Å². The summed E-state index contributed by atoms with van der Waals surface area (Å²) in [5, 5.41) is 6.78. The minimum absolute atomic E-state index is 0.406. The van der Waals surface area contributed by atoms with Crippen molar-refractivity contribution in [3.05, 3.63) is 47.1 Å². The predicted molar refractivity (Wildman–Crippen MR) is 97.4 cm³/mol. The van der Waals surface area contributed by atoms with Crippen LogP contribution in [0.2, 0.25) is 0 Å². The number of unbranched alkanes of at least 4 members (excludes halogenated alkanes) is 3. The number of ether oxygens (including phenoxy) is 1. The normalized spacial score (nSPS) is 10.4. The van der Waals surface area contributed by atoms with Gasteiger partial charge in [-0.25, -0.2) is 0 Å². The first kappa shape index (κ1) is 16.9. The standard InChI is InChI=1S/C17H22N2OS2/c1-2-3-4-5-7-14-10-16(22-13-14)19-17(21)20-12-15-8-6-9-18-11-15/h6,8-11,13H,2-5,7,12H2,1H3,(H,19,21). The predicted octanol–water partition coefficient (Wildman–Crippen LogP) is 5.18. The fraction of sp³-hybridized carbons (Fsp3) is 0.412. The molecule has 0 saturated carbocycles. The molecule has 0 aliphatic rings. The Morgan fingerprint density at radius 3 is 3.00 bits per heavy atom. The van der Waals surface area contributed by atoms with Gasteiger partial charge in [-0.3, -0.25) is 4.98 Å². The van der Waals surface area contributed by atoms with Crippen molar-refractivity contribution in [3.63, 3.8) is 0 Å². The second-order valence-corrected chi connectivity index (χ2v) is 6.47. The summed E-state index contributed by atoms with van der Waals surface area (Å²) in [6, 6.07) is 6.02. The van der Waals surface area contributed by atoms with Gasteiger partial charge in [0.05, 0.1) is 5.00 Å². The summed E-state index contributed by atoms with van der Waals surface area (Å²) in [7, 11) is 0. The van der Waals surface area contributed by atoms with Gasteiger partial charge in [-0.2, -0.15) is 0 Å². The number of aromatic nitrogens is 1.